The second kappa shape index (κ2) is 15.9. The molecule has 7 rings (SSSR count). The Balaban J connectivity index is 1.23. The first-order chi connectivity index (χ1) is 27.5. The lowest BCUT2D eigenvalue weighted by molar-refractivity contribution is -0.142. The number of thiophene rings is 2. The minimum absolute atomic E-state index is 0.0449. The Labute approximate surface area is 343 Å². The molecule has 3 fully saturated rings. The van der Waals surface area contributed by atoms with Crippen molar-refractivity contribution >= 4 is 56.5 Å². The minimum Gasteiger partial charge on any atom is -0.446 e. The van der Waals surface area contributed by atoms with Gasteiger partial charge in [-0.25, -0.2) is 19.2 Å². The zero-order chi connectivity index (χ0) is 41.6. The largest absolute Gasteiger partial charge is 0.446 e. The molecule has 0 aromatic carbocycles. The van der Waals surface area contributed by atoms with Crippen LogP contribution in [0.15, 0.2) is 80.7 Å². The zero-order valence-electron chi connectivity index (χ0n) is 32.5. The summed E-state index contributed by atoms with van der Waals surface area (Å²) in [5, 5.41) is 17.3. The summed E-state index contributed by atoms with van der Waals surface area (Å²) in [7, 11) is -4.43. The number of amides is 4. The SMILES string of the molecule is C=C[C@@H]1C[C@]1(NC(=O)[C@@H]1C[C@@H](n2ncc(-c3ccsc3)c(-c3ccsc3)c2=O)CN1C(=O)[C@@H](NC(=O)OC1CCC1)C(C)(C)C)C(=O)NS(=O)(=O)c1ccc(C)cn1. The van der Waals surface area contributed by atoms with Crippen molar-refractivity contribution in [3.8, 4) is 22.3 Å². The number of carbonyl (C=O) groups excluding carboxylic acids is 4. The molecule has 3 aliphatic rings. The van der Waals surface area contributed by atoms with Gasteiger partial charge in [0.2, 0.25) is 11.8 Å². The lowest BCUT2D eigenvalue weighted by Gasteiger charge is -2.36. The molecule has 4 amide bonds. The number of ether oxygens (including phenoxy) is 1. The third kappa shape index (κ3) is 8.09. The second-order valence-corrected chi connectivity index (χ2v) is 19.3. The van der Waals surface area contributed by atoms with Crippen LogP contribution in [0.3, 0.4) is 0 Å². The number of nitrogens with zero attached hydrogens (tertiary/aromatic N) is 4. The molecular weight excluding hydrogens is 803 g/mol. The molecule has 15 nitrogen and oxygen atoms in total. The molecule has 0 spiro atoms. The van der Waals surface area contributed by atoms with Gasteiger partial charge < -0.3 is 20.3 Å². The summed E-state index contributed by atoms with van der Waals surface area (Å²) in [5.74, 6) is -2.99. The van der Waals surface area contributed by atoms with Crippen LogP contribution < -0.4 is 20.9 Å². The standard InChI is InChI=1S/C40H45N7O8S3/c1-6-26-17-40(26,37(51)45-58(53,54)31-11-10-23(2)18-41-31)44-34(48)30-16-27(20-46(30)36(50)33(39(3,4)5)43-38(52)55-28-8-7-9-28)47-35(49)32(25-13-15-57-22-25)29(19-42-47)24-12-14-56-21-24/h6,10-15,18-19,21-22,26-28,30,33H,1,7-9,16-17,20H2,2-5H3,(H,43,52)(H,44,48)(H,45,51)/t26-,27-,30+,33-,40-/m1/s1. The molecule has 0 radical (unpaired) electrons. The van der Waals surface area contributed by atoms with Crippen molar-refractivity contribution in [2.45, 2.75) is 94.6 Å². The fourth-order valence-electron chi connectivity index (χ4n) is 7.35. The van der Waals surface area contributed by atoms with Crippen LogP contribution in [0.4, 0.5) is 4.79 Å². The summed E-state index contributed by atoms with van der Waals surface area (Å²) in [6.07, 6.45) is 5.74. The molecule has 5 heterocycles. The summed E-state index contributed by atoms with van der Waals surface area (Å²) in [6.45, 7) is 10.7. The number of aromatic nitrogens is 3. The molecule has 306 valence electrons. The predicted octanol–water partition coefficient (Wildman–Crippen LogP) is 4.81. The van der Waals surface area contributed by atoms with Gasteiger partial charge in [0.25, 0.3) is 21.5 Å². The highest BCUT2D eigenvalue weighted by Crippen LogP contribution is 2.45. The van der Waals surface area contributed by atoms with Gasteiger partial charge in [-0.3, -0.25) is 19.2 Å². The molecule has 0 bridgehead atoms. The maximum absolute atomic E-state index is 14.7. The Bertz CT molecular complexity index is 2390. The van der Waals surface area contributed by atoms with E-state index < -0.39 is 74.4 Å². The fourth-order valence-corrected chi connectivity index (χ4v) is 9.63. The van der Waals surface area contributed by atoms with Crippen LogP contribution in [0.25, 0.3) is 22.3 Å². The highest BCUT2D eigenvalue weighted by molar-refractivity contribution is 7.90. The summed E-state index contributed by atoms with van der Waals surface area (Å²) >= 11 is 2.92. The van der Waals surface area contributed by atoms with Crippen LogP contribution in [0.1, 0.15) is 64.5 Å². The minimum atomic E-state index is -4.43. The van der Waals surface area contributed by atoms with Gasteiger partial charge in [-0.1, -0.05) is 32.9 Å². The Morgan fingerprint density at radius 1 is 1.05 bits per heavy atom. The third-order valence-electron chi connectivity index (χ3n) is 11.0. The molecule has 3 N–H and O–H groups in total. The summed E-state index contributed by atoms with van der Waals surface area (Å²) in [4.78, 5) is 75.9. The van der Waals surface area contributed by atoms with Gasteiger partial charge in [-0.15, -0.1) is 6.58 Å². The second-order valence-electron chi connectivity index (χ2n) is 16.1. The quantitative estimate of drug-likeness (QED) is 0.167. The number of rotatable bonds is 12. The predicted molar refractivity (Wildman–Crippen MR) is 218 cm³/mol. The molecule has 58 heavy (non-hydrogen) atoms. The van der Waals surface area contributed by atoms with E-state index in [4.69, 9.17) is 4.74 Å². The van der Waals surface area contributed by atoms with E-state index in [0.717, 1.165) is 30.4 Å². The van der Waals surface area contributed by atoms with Gasteiger partial charge in [-0.2, -0.15) is 36.2 Å². The first kappa shape index (κ1) is 41.0. The summed E-state index contributed by atoms with van der Waals surface area (Å²) in [6, 6.07) is 3.31. The molecule has 18 heteroatoms. The Hall–Kier alpha value is -5.20. The molecule has 1 aliphatic heterocycles. The van der Waals surface area contributed by atoms with E-state index in [0.29, 0.717) is 16.7 Å². The summed E-state index contributed by atoms with van der Waals surface area (Å²) in [5.41, 5.74) is 0.299. The number of aryl methyl sites for hydroxylation is 1. The molecule has 0 unspecified atom stereocenters. The number of sulfonamides is 1. The average molecular weight is 848 g/mol. The maximum atomic E-state index is 14.7. The smallest absolute Gasteiger partial charge is 0.408 e. The lowest BCUT2D eigenvalue weighted by atomic mass is 9.85. The van der Waals surface area contributed by atoms with Crippen LogP contribution >= 0.6 is 22.7 Å². The van der Waals surface area contributed by atoms with Crippen molar-refractivity contribution in [1.29, 1.82) is 0 Å². The Morgan fingerprint density at radius 3 is 2.33 bits per heavy atom. The Morgan fingerprint density at radius 2 is 1.76 bits per heavy atom. The van der Waals surface area contributed by atoms with Gasteiger partial charge in [0.1, 0.15) is 23.7 Å². The van der Waals surface area contributed by atoms with Gasteiger partial charge in [0, 0.05) is 30.6 Å². The fraction of sp³-hybridized carbons (Fsp3) is 0.425. The monoisotopic (exact) mass is 847 g/mol. The lowest BCUT2D eigenvalue weighted by Crippen LogP contribution is -2.60. The van der Waals surface area contributed by atoms with Crippen LogP contribution in [0.5, 0.6) is 0 Å². The third-order valence-corrected chi connectivity index (χ3v) is 13.6. The summed E-state index contributed by atoms with van der Waals surface area (Å²) < 4.78 is 35.3. The first-order valence-corrected chi connectivity index (χ1v) is 22.3. The molecule has 5 atom stereocenters. The van der Waals surface area contributed by atoms with Crippen LogP contribution in [0, 0.1) is 18.3 Å². The van der Waals surface area contributed by atoms with Crippen LogP contribution in [0.2, 0.25) is 0 Å². The molecule has 4 aromatic heterocycles. The molecule has 2 saturated carbocycles. The van der Waals surface area contributed by atoms with Gasteiger partial charge in [0.15, 0.2) is 5.03 Å². The number of hydrogen-bond donors (Lipinski definition) is 3. The van der Waals surface area contributed by atoms with Crippen LogP contribution in [-0.4, -0.2) is 82.2 Å². The van der Waals surface area contributed by atoms with E-state index in [-0.39, 0.29) is 30.5 Å². The van der Waals surface area contributed by atoms with Crippen molar-refractivity contribution in [1.82, 2.24) is 35.0 Å². The van der Waals surface area contributed by atoms with Crippen molar-refractivity contribution in [3.63, 3.8) is 0 Å². The topological polar surface area (TPSA) is 199 Å². The molecular formula is C40H45N7O8S3. The van der Waals surface area contributed by atoms with Gasteiger partial charge in [-0.05, 0) is 94.4 Å². The van der Waals surface area contributed by atoms with E-state index in [1.54, 1.807) is 40.0 Å². The number of pyridine rings is 1. The number of nitrogens with one attached hydrogen (secondary N) is 3. The van der Waals surface area contributed by atoms with Gasteiger partial charge >= 0.3 is 6.09 Å². The molecule has 1 saturated heterocycles. The van der Waals surface area contributed by atoms with E-state index in [1.165, 1.54) is 50.6 Å². The maximum Gasteiger partial charge on any atom is 0.408 e. The highest BCUT2D eigenvalue weighted by Gasteiger charge is 2.61. The van der Waals surface area contributed by atoms with Crippen LogP contribution in [-0.2, 0) is 29.1 Å². The van der Waals surface area contributed by atoms with Gasteiger partial charge in [0.05, 0.1) is 17.8 Å². The number of alkyl carbamates (subject to hydrolysis) is 1. The number of carbonyl (C=O) groups is 4. The molecule has 4 aromatic rings. The zero-order valence-corrected chi connectivity index (χ0v) is 34.9. The highest BCUT2D eigenvalue weighted by atomic mass is 32.2. The van der Waals surface area contributed by atoms with Crippen molar-refractivity contribution in [3.05, 3.63) is 86.8 Å². The van der Waals surface area contributed by atoms with Crippen molar-refractivity contribution < 1.29 is 32.3 Å². The first-order valence-electron chi connectivity index (χ1n) is 18.9. The van der Waals surface area contributed by atoms with E-state index >= 15 is 0 Å². The molecule has 2 aliphatic carbocycles. The number of hydrogen-bond acceptors (Lipinski definition) is 12. The van der Waals surface area contributed by atoms with E-state index in [9.17, 15) is 32.4 Å². The normalized spacial score (nSPS) is 22.3. The van der Waals surface area contributed by atoms with E-state index in [1.807, 2.05) is 33.7 Å². The number of likely N-dealkylation sites (tertiary alicyclic amines) is 1. The van der Waals surface area contributed by atoms with E-state index in [2.05, 4.69) is 32.0 Å². The van der Waals surface area contributed by atoms with Crippen molar-refractivity contribution in [2.75, 3.05) is 6.54 Å². The average Bonchev–Trinajstić information content (AvgIpc) is 3.67. The van der Waals surface area contributed by atoms with Crippen molar-refractivity contribution in [2.24, 2.45) is 11.3 Å². The Kier molecular flexibility index (Phi) is 11.2.